The van der Waals surface area contributed by atoms with Crippen LogP contribution in [0.5, 0.6) is 0 Å². The van der Waals surface area contributed by atoms with E-state index < -0.39 is 0 Å². The van der Waals surface area contributed by atoms with E-state index in [9.17, 15) is 14.7 Å². The molecule has 0 atom stereocenters. The molecule has 4 aromatic rings. The Kier molecular flexibility index (Phi) is 9.08. The zero-order valence-electron chi connectivity index (χ0n) is 29.4. The standard InChI is InChI=1S/C37H46BN8O4/c1-37(2)17-25-15-28(21-47)45(33(25)18-37)10-9-42(3)35-31(22-48)30(7-8-39-35)26-16-32(36(49)43(4)20-26)41-34-6-5-27(19-40-34)44-11-13-46(38,14-12-44)29-23-50-24-29/h5-8,15-16,19-21,29,48H,9-14,17-18,22-24H2,1-4H3,(H,40,41)/q+1. The second-order valence-corrected chi connectivity index (χ2v) is 14.9. The predicted molar refractivity (Wildman–Crippen MR) is 195 cm³/mol. The van der Waals surface area contributed by atoms with Gasteiger partial charge < -0.3 is 38.5 Å². The summed E-state index contributed by atoms with van der Waals surface area (Å²) in [4.78, 5) is 38.8. The van der Waals surface area contributed by atoms with Crippen LogP contribution in [0.2, 0.25) is 0 Å². The van der Waals surface area contributed by atoms with Crippen molar-refractivity contribution in [3.05, 3.63) is 81.8 Å². The first-order chi connectivity index (χ1) is 24.0. The van der Waals surface area contributed by atoms with E-state index in [0.717, 1.165) is 75.3 Å². The van der Waals surface area contributed by atoms with Gasteiger partial charge in [-0.3, -0.25) is 9.59 Å². The van der Waals surface area contributed by atoms with Gasteiger partial charge >= 0.3 is 7.98 Å². The highest BCUT2D eigenvalue weighted by molar-refractivity contribution is 5.97. The highest BCUT2D eigenvalue weighted by Gasteiger charge is 2.40. The van der Waals surface area contributed by atoms with Gasteiger partial charge in [0.1, 0.15) is 23.4 Å². The van der Waals surface area contributed by atoms with Gasteiger partial charge in [-0.1, -0.05) is 13.8 Å². The molecule has 6 heterocycles. The lowest BCUT2D eigenvalue weighted by molar-refractivity contribution is -0.855. The number of quaternary nitrogens is 1. The van der Waals surface area contributed by atoms with E-state index >= 15 is 0 Å². The van der Waals surface area contributed by atoms with Crippen LogP contribution in [0.25, 0.3) is 11.1 Å². The summed E-state index contributed by atoms with van der Waals surface area (Å²) in [5, 5.41) is 13.9. The molecule has 2 aliphatic heterocycles. The van der Waals surface area contributed by atoms with E-state index in [-0.39, 0.29) is 17.6 Å². The van der Waals surface area contributed by atoms with Crippen LogP contribution in [0.1, 0.15) is 41.2 Å². The number of aldehydes is 1. The number of carbonyl (C=O) groups excluding carboxylic acids is 1. The number of fused-ring (bicyclic) bond motifs is 1. The largest absolute Gasteiger partial charge is 0.481 e. The van der Waals surface area contributed by atoms with Crippen LogP contribution in [0.4, 0.5) is 23.0 Å². The summed E-state index contributed by atoms with van der Waals surface area (Å²) >= 11 is 0. The number of aliphatic hydroxyl groups excluding tert-OH is 1. The van der Waals surface area contributed by atoms with Crippen molar-refractivity contribution >= 4 is 37.3 Å². The third kappa shape index (κ3) is 6.45. The van der Waals surface area contributed by atoms with E-state index in [1.807, 2.05) is 42.4 Å². The highest BCUT2D eigenvalue weighted by atomic mass is 16.5. The van der Waals surface area contributed by atoms with Crippen molar-refractivity contribution in [3.63, 3.8) is 0 Å². The Balaban J connectivity index is 1.07. The van der Waals surface area contributed by atoms with E-state index in [4.69, 9.17) is 12.7 Å². The van der Waals surface area contributed by atoms with Crippen molar-refractivity contribution in [2.24, 2.45) is 12.5 Å². The van der Waals surface area contributed by atoms with Crippen LogP contribution < -0.4 is 20.7 Å². The van der Waals surface area contributed by atoms with E-state index in [2.05, 4.69) is 38.6 Å². The Bertz CT molecular complexity index is 1940. The van der Waals surface area contributed by atoms with Crippen molar-refractivity contribution in [2.45, 2.75) is 45.9 Å². The summed E-state index contributed by atoms with van der Waals surface area (Å²) < 4.78 is 9.59. The molecule has 0 spiro atoms. The predicted octanol–water partition coefficient (Wildman–Crippen LogP) is 3.07. The number of likely N-dealkylation sites (N-methyl/N-ethyl adjacent to an activating group) is 1. The second-order valence-electron chi connectivity index (χ2n) is 14.9. The summed E-state index contributed by atoms with van der Waals surface area (Å²) in [6.07, 6.45) is 8.15. The zero-order chi connectivity index (χ0) is 35.2. The number of carbonyl (C=O) groups is 1. The van der Waals surface area contributed by atoms with E-state index in [1.165, 1.54) is 15.8 Å². The van der Waals surface area contributed by atoms with Gasteiger partial charge in [-0.15, -0.1) is 0 Å². The third-order valence-electron chi connectivity index (χ3n) is 10.8. The number of hydrogen-bond acceptors (Lipinski definition) is 9. The minimum Gasteiger partial charge on any atom is -0.392 e. The molecule has 2 radical (unpaired) electrons. The fourth-order valence-electron chi connectivity index (χ4n) is 7.73. The Morgan fingerprint density at radius 3 is 2.60 bits per heavy atom. The first kappa shape index (κ1) is 34.0. The smallest absolute Gasteiger partial charge is 0.392 e. The van der Waals surface area contributed by atoms with E-state index in [0.29, 0.717) is 52.1 Å². The van der Waals surface area contributed by atoms with Crippen LogP contribution in [-0.4, -0.2) is 102 Å². The molecule has 3 aliphatic rings. The summed E-state index contributed by atoms with van der Waals surface area (Å²) in [5.74, 6) is 1.20. The first-order valence-electron chi connectivity index (χ1n) is 17.4. The molecular weight excluding hydrogens is 631 g/mol. The van der Waals surface area contributed by atoms with Crippen LogP contribution >= 0.6 is 0 Å². The molecule has 2 saturated heterocycles. The minimum atomic E-state index is -0.237. The van der Waals surface area contributed by atoms with Crippen molar-refractivity contribution in [1.29, 1.82) is 0 Å². The number of aryl methyl sites for hydroxylation is 1. The Labute approximate surface area is 294 Å². The summed E-state index contributed by atoms with van der Waals surface area (Å²) in [5.41, 5.74) is 6.74. The Hall–Kier alpha value is -4.46. The molecule has 0 unspecified atom stereocenters. The molecule has 4 aromatic heterocycles. The third-order valence-corrected chi connectivity index (χ3v) is 10.8. The molecule has 2 N–H and O–H groups in total. The minimum absolute atomic E-state index is 0.180. The van der Waals surface area contributed by atoms with Gasteiger partial charge in [0.05, 0.1) is 63.6 Å². The van der Waals surface area contributed by atoms with Gasteiger partial charge in [-0.05, 0) is 59.7 Å². The SMILES string of the molecule is [B][N+]1(C2COC2)CCN(c2ccc(Nc3cc(-c4ccnc(N(C)CCn5c(C=O)cc6c5CC(C)(C)C6)c4CO)cn(C)c3=O)nc2)CC1. The molecule has 0 bridgehead atoms. The number of aliphatic hydroxyl groups is 1. The topological polar surface area (TPSA) is 118 Å². The van der Waals surface area contributed by atoms with Crippen molar-refractivity contribution in [1.82, 2.24) is 19.1 Å². The Morgan fingerprint density at radius 1 is 1.16 bits per heavy atom. The number of rotatable bonds is 11. The van der Waals surface area contributed by atoms with Crippen LogP contribution in [0, 0.1) is 5.41 Å². The number of aromatic nitrogens is 4. The van der Waals surface area contributed by atoms with Gasteiger partial charge in [-0.25, -0.2) is 9.97 Å². The summed E-state index contributed by atoms with van der Waals surface area (Å²) in [6.45, 7) is 10.3. The summed E-state index contributed by atoms with van der Waals surface area (Å²) in [7, 11) is 10.3. The van der Waals surface area contributed by atoms with Crippen molar-refractivity contribution in [2.75, 3.05) is 68.1 Å². The monoisotopic (exact) mass is 677 g/mol. The molecule has 260 valence electrons. The number of ether oxygens (including phenoxy) is 1. The molecule has 0 saturated carbocycles. The average molecular weight is 678 g/mol. The maximum atomic E-state index is 13.3. The van der Waals surface area contributed by atoms with Crippen LogP contribution in [0.15, 0.2) is 53.7 Å². The normalized spacial score (nSPS) is 18.1. The lowest BCUT2D eigenvalue weighted by Crippen LogP contribution is -2.68. The molecule has 7 rings (SSSR count). The number of pyridine rings is 3. The molecule has 0 amide bonds. The number of nitrogens with zero attached hydrogens (tertiary/aromatic N) is 7. The van der Waals surface area contributed by atoms with Crippen molar-refractivity contribution in [3.8, 4) is 11.1 Å². The fraction of sp³-hybridized carbons (Fsp3) is 0.459. The van der Waals surface area contributed by atoms with Gasteiger partial charge in [0.25, 0.3) is 5.56 Å². The first-order valence-corrected chi connectivity index (χ1v) is 17.4. The second kappa shape index (κ2) is 13.3. The van der Waals surface area contributed by atoms with Gasteiger partial charge in [0.2, 0.25) is 0 Å². The van der Waals surface area contributed by atoms with Gasteiger partial charge in [0.15, 0.2) is 6.29 Å². The lowest BCUT2D eigenvalue weighted by atomic mass is 9.90. The maximum Gasteiger partial charge on any atom is 0.481 e. The quantitative estimate of drug-likeness (QED) is 0.183. The zero-order valence-corrected chi connectivity index (χ0v) is 29.4. The van der Waals surface area contributed by atoms with Crippen LogP contribution in [-0.2, 0) is 37.8 Å². The number of anilines is 4. The fourth-order valence-corrected chi connectivity index (χ4v) is 7.73. The Morgan fingerprint density at radius 2 is 1.94 bits per heavy atom. The average Bonchev–Trinajstić information content (AvgIpc) is 3.55. The lowest BCUT2D eigenvalue weighted by Gasteiger charge is -2.51. The van der Waals surface area contributed by atoms with Gasteiger partial charge in [-0.2, -0.15) is 0 Å². The molecule has 1 aliphatic carbocycles. The number of piperazine rings is 1. The van der Waals surface area contributed by atoms with Crippen molar-refractivity contribution < 1.29 is 19.0 Å². The molecule has 2 fully saturated rings. The molecule has 13 heteroatoms. The maximum absolute atomic E-state index is 13.3. The van der Waals surface area contributed by atoms with Gasteiger partial charge in [0, 0.05) is 56.4 Å². The molecule has 0 aromatic carbocycles. The van der Waals surface area contributed by atoms with E-state index in [1.54, 1.807) is 25.5 Å². The van der Waals surface area contributed by atoms with Crippen LogP contribution in [0.3, 0.4) is 0 Å². The molecular formula is C37H46BN8O4+. The molecule has 12 nitrogen and oxygen atoms in total. The summed E-state index contributed by atoms with van der Waals surface area (Å²) in [6, 6.07) is 9.96. The molecule has 50 heavy (non-hydrogen) atoms. The highest BCUT2D eigenvalue weighted by Crippen LogP contribution is 2.38. The number of hydrogen-bond donors (Lipinski definition) is 2. The number of nitrogens with one attached hydrogen (secondary N) is 1.